The van der Waals surface area contributed by atoms with Crippen LogP contribution in [-0.4, -0.2) is 58.8 Å². The number of hydrogen-bond acceptors (Lipinski definition) is 6. The zero-order chi connectivity index (χ0) is 21.0. The van der Waals surface area contributed by atoms with Crippen LogP contribution >= 0.6 is 24.0 Å². The van der Waals surface area contributed by atoms with Gasteiger partial charge in [-0.3, -0.25) is 9.59 Å². The molecule has 2 aromatic rings. The van der Waals surface area contributed by atoms with Gasteiger partial charge in [-0.15, -0.1) is 0 Å². The second kappa shape index (κ2) is 12.6. The number of Topliss-reactive ketones (excluding diaryl/α,β-unsaturated/α-hetero) is 1. The molecule has 5 nitrogen and oxygen atoms in total. The molecule has 1 aliphatic heterocycles. The summed E-state index contributed by atoms with van der Waals surface area (Å²) < 4.78 is 6.34. The molecule has 0 unspecified atom stereocenters. The van der Waals surface area contributed by atoms with Gasteiger partial charge in [0.2, 0.25) is 0 Å². The second-order valence-electron chi connectivity index (χ2n) is 6.62. The molecule has 31 heavy (non-hydrogen) atoms. The molecule has 1 fully saturated rings. The van der Waals surface area contributed by atoms with Crippen molar-refractivity contribution in [2.45, 2.75) is 33.3 Å². The van der Waals surface area contributed by atoms with Crippen LogP contribution < -0.4 is 10.1 Å². The van der Waals surface area contributed by atoms with Gasteiger partial charge in [-0.05, 0) is 48.7 Å². The fourth-order valence-electron chi connectivity index (χ4n) is 3.02. The first-order valence-corrected chi connectivity index (χ1v) is 10.4. The normalized spacial score (nSPS) is 13.9. The Labute approximate surface area is 215 Å². The summed E-state index contributed by atoms with van der Waals surface area (Å²) in [7, 11) is 0. The van der Waals surface area contributed by atoms with E-state index >= 15 is 0 Å². The number of nitrogens with one attached hydrogen (secondary N) is 1. The molecule has 0 aromatic heterocycles. The van der Waals surface area contributed by atoms with Gasteiger partial charge in [-0.2, -0.15) is 0 Å². The van der Waals surface area contributed by atoms with Crippen molar-refractivity contribution < 1.29 is 19.4 Å². The topological polar surface area (TPSA) is 75.6 Å². The van der Waals surface area contributed by atoms with E-state index in [2.05, 4.69) is 5.32 Å². The maximum atomic E-state index is 11.7. The average Bonchev–Trinajstić information content (AvgIpc) is 3.00. The van der Waals surface area contributed by atoms with E-state index in [1.165, 1.54) is 18.7 Å². The van der Waals surface area contributed by atoms with Crippen LogP contribution in [0.5, 0.6) is 11.5 Å². The number of rotatable bonds is 7. The minimum Gasteiger partial charge on any atom is -0.507 e. The molecular formula is C22H21Li2NO4S2. The van der Waals surface area contributed by atoms with E-state index in [0.29, 0.717) is 27.0 Å². The van der Waals surface area contributed by atoms with Gasteiger partial charge in [0.05, 0.1) is 10.5 Å². The van der Waals surface area contributed by atoms with Crippen LogP contribution in [0, 0.1) is 0 Å². The average molecular weight is 441 g/mol. The van der Waals surface area contributed by atoms with Crippen LogP contribution in [0.15, 0.2) is 41.3 Å². The van der Waals surface area contributed by atoms with E-state index in [0.717, 1.165) is 23.1 Å². The van der Waals surface area contributed by atoms with E-state index in [-0.39, 0.29) is 61.8 Å². The summed E-state index contributed by atoms with van der Waals surface area (Å²) in [5.41, 5.74) is 2.81. The summed E-state index contributed by atoms with van der Waals surface area (Å²) in [6, 6.07) is 10.8. The molecule has 2 aromatic carbocycles. The maximum absolute atomic E-state index is 11.7. The van der Waals surface area contributed by atoms with Crippen LogP contribution in [-0.2, 0) is 17.8 Å². The molecule has 152 valence electrons. The zero-order valence-corrected chi connectivity index (χ0v) is 19.8. The molecule has 3 rings (SSSR count). The number of phenolic OH excluding ortho intramolecular Hbond substituents is 1. The number of carbonyl (C=O) groups is 2. The molecule has 2 N–H and O–H groups in total. The Morgan fingerprint density at radius 1 is 1.19 bits per heavy atom. The molecule has 1 amide bonds. The fourth-order valence-corrected chi connectivity index (χ4v) is 4.06. The Hall–Kier alpha value is -1.45. The number of ether oxygens (including phenoxy) is 1. The van der Waals surface area contributed by atoms with E-state index in [9.17, 15) is 14.7 Å². The first-order chi connectivity index (χ1) is 13.9. The summed E-state index contributed by atoms with van der Waals surface area (Å²) in [6.07, 6.45) is 3.29. The van der Waals surface area contributed by atoms with Crippen LogP contribution in [0.1, 0.15) is 47.3 Å². The smallest absolute Gasteiger partial charge is 0.263 e. The number of hydrogen-bond donors (Lipinski definition) is 2. The van der Waals surface area contributed by atoms with Crippen molar-refractivity contribution in [2.75, 3.05) is 0 Å². The van der Waals surface area contributed by atoms with Crippen molar-refractivity contribution >= 4 is 83.8 Å². The summed E-state index contributed by atoms with van der Waals surface area (Å²) in [4.78, 5) is 24.0. The van der Waals surface area contributed by atoms with Crippen molar-refractivity contribution in [1.29, 1.82) is 0 Å². The molecule has 1 saturated heterocycles. The van der Waals surface area contributed by atoms with Gasteiger partial charge in [-0.25, -0.2) is 0 Å². The van der Waals surface area contributed by atoms with Gasteiger partial charge in [0, 0.05) is 43.3 Å². The van der Waals surface area contributed by atoms with E-state index < -0.39 is 0 Å². The molecule has 9 heteroatoms. The molecule has 0 bridgehead atoms. The summed E-state index contributed by atoms with van der Waals surface area (Å²) >= 11 is 6.23. The Balaban J connectivity index is 0.00000240. The van der Waals surface area contributed by atoms with Gasteiger partial charge >= 0.3 is 0 Å². The number of ketones is 1. The van der Waals surface area contributed by atoms with Gasteiger partial charge in [0.15, 0.2) is 5.78 Å². The van der Waals surface area contributed by atoms with Crippen molar-refractivity contribution in [3.63, 3.8) is 0 Å². The van der Waals surface area contributed by atoms with Crippen molar-refractivity contribution in [2.24, 2.45) is 0 Å². The molecule has 1 aliphatic rings. The summed E-state index contributed by atoms with van der Waals surface area (Å²) in [6.45, 7) is 3.75. The number of phenols is 1. The van der Waals surface area contributed by atoms with Gasteiger partial charge < -0.3 is 15.2 Å². The first kappa shape index (κ1) is 27.6. The van der Waals surface area contributed by atoms with Crippen molar-refractivity contribution in [3.8, 4) is 11.5 Å². The number of aromatic hydroxyl groups is 1. The third-order valence-corrected chi connectivity index (χ3v) is 5.64. The van der Waals surface area contributed by atoms with Gasteiger partial charge in [0.25, 0.3) is 5.91 Å². The molecule has 2 radical (unpaired) electrons. The van der Waals surface area contributed by atoms with Crippen LogP contribution in [0.3, 0.4) is 0 Å². The fraction of sp³-hybridized carbons (Fsp3) is 0.227. The molecule has 0 atom stereocenters. The number of thiocarbonyl (C=S) groups is 1. The van der Waals surface area contributed by atoms with E-state index in [1.807, 2.05) is 37.3 Å². The van der Waals surface area contributed by atoms with Crippen molar-refractivity contribution in [1.82, 2.24) is 5.32 Å². The summed E-state index contributed by atoms with van der Waals surface area (Å²) in [5.74, 6) is 0.376. The van der Waals surface area contributed by atoms with Crippen LogP contribution in [0.2, 0.25) is 0 Å². The minimum absolute atomic E-state index is 0. The maximum Gasteiger partial charge on any atom is 0.263 e. The monoisotopic (exact) mass is 441 g/mol. The minimum atomic E-state index is -0.183. The predicted octanol–water partition coefficient (Wildman–Crippen LogP) is 3.85. The quantitative estimate of drug-likeness (QED) is 0.294. The van der Waals surface area contributed by atoms with Gasteiger partial charge in [0.1, 0.15) is 22.4 Å². The van der Waals surface area contributed by atoms with Crippen LogP contribution in [0.4, 0.5) is 0 Å². The molecule has 0 spiro atoms. The SMILES string of the molecule is CCCc1c(COc2ccc(C=C3SC(=S)NC3=O)cc2)ccc(C(C)=O)c1O.[Li].[Li]. The number of thioether (sulfide) groups is 1. The molecule has 1 heterocycles. The van der Waals surface area contributed by atoms with E-state index in [4.69, 9.17) is 17.0 Å². The zero-order valence-electron chi connectivity index (χ0n) is 18.2. The van der Waals surface area contributed by atoms with Crippen molar-refractivity contribution in [3.05, 3.63) is 63.6 Å². The number of amides is 1. The van der Waals surface area contributed by atoms with Gasteiger partial charge in [-0.1, -0.05) is 55.5 Å². The van der Waals surface area contributed by atoms with E-state index in [1.54, 1.807) is 12.1 Å². The third-order valence-electron chi connectivity index (χ3n) is 4.47. The third kappa shape index (κ3) is 7.02. The standard InChI is InChI=1S/C22H21NO4S2.2Li/c1-3-4-18-15(7-10-17(13(2)24)20(18)25)12-27-16-8-5-14(6-9-16)11-19-21(26)23-22(28)29-19;;/h5-11,25H,3-4,12H2,1-2H3,(H,23,26,28);;. The Morgan fingerprint density at radius 2 is 1.87 bits per heavy atom. The molecule has 0 saturated carbocycles. The molecular weight excluding hydrogens is 420 g/mol. The predicted molar refractivity (Wildman–Crippen MR) is 131 cm³/mol. The summed E-state index contributed by atoms with van der Waals surface area (Å²) in [5, 5.41) is 13.0. The number of carbonyl (C=O) groups excluding carboxylic acids is 2. The Kier molecular flexibility index (Phi) is 11.2. The Bertz CT molecular complexity index is 1010. The largest absolute Gasteiger partial charge is 0.507 e. The number of benzene rings is 2. The van der Waals surface area contributed by atoms with Crippen LogP contribution in [0.25, 0.3) is 6.08 Å². The second-order valence-corrected chi connectivity index (χ2v) is 8.33. The Morgan fingerprint density at radius 3 is 2.42 bits per heavy atom. The first-order valence-electron chi connectivity index (χ1n) is 9.21. The molecule has 0 aliphatic carbocycles.